The minimum atomic E-state index is -0.250. The van der Waals surface area contributed by atoms with Crippen LogP contribution in [0.25, 0.3) is 11.3 Å². The van der Waals surface area contributed by atoms with Crippen LogP contribution in [0.5, 0.6) is 0 Å². The van der Waals surface area contributed by atoms with E-state index >= 15 is 0 Å². The highest BCUT2D eigenvalue weighted by Crippen LogP contribution is 2.62. The highest BCUT2D eigenvalue weighted by molar-refractivity contribution is 5.68. The molecule has 164 valence electrons. The van der Waals surface area contributed by atoms with Crippen molar-refractivity contribution < 1.29 is 4.39 Å². The molecule has 0 radical (unpaired) electrons. The lowest BCUT2D eigenvalue weighted by Gasteiger charge is -2.44. The second-order valence-electron chi connectivity index (χ2n) is 8.57. The van der Waals surface area contributed by atoms with Crippen LogP contribution in [0.4, 0.5) is 4.39 Å². The number of hydrogen-bond donors (Lipinski definition) is 0. The number of aryl methyl sites for hydroxylation is 1. The van der Waals surface area contributed by atoms with Gasteiger partial charge in [0.1, 0.15) is 0 Å². The summed E-state index contributed by atoms with van der Waals surface area (Å²) in [6.45, 7) is 25.8. The van der Waals surface area contributed by atoms with Gasteiger partial charge in [0.05, 0.1) is 12.4 Å². The van der Waals surface area contributed by atoms with Crippen molar-refractivity contribution in [2.45, 2.75) is 93.9 Å². The summed E-state index contributed by atoms with van der Waals surface area (Å²) in [6, 6.07) is 10.9. The number of pyridine rings is 1. The molecular weight excluding hydrogens is 357 g/mol. The lowest BCUT2D eigenvalue weighted by atomic mass is 9.59. The number of aromatic nitrogens is 1. The minimum absolute atomic E-state index is 0.142. The fourth-order valence-electron chi connectivity index (χ4n) is 3.99. The number of rotatable bonds is 1. The SMILES string of the molecule is CC.CC.CCF.Cc1cc2c(cc1-c1ccccn1)C(C)(C)C(C)(C)C2(C)C. The molecule has 1 aromatic carbocycles. The Labute approximate surface area is 180 Å². The van der Waals surface area contributed by atoms with Gasteiger partial charge >= 0.3 is 0 Å². The zero-order chi connectivity index (χ0) is 23.0. The smallest absolute Gasteiger partial charge is 0.0866 e. The molecule has 0 saturated carbocycles. The fourth-order valence-corrected chi connectivity index (χ4v) is 3.99. The minimum Gasteiger partial charge on any atom is -0.256 e. The van der Waals surface area contributed by atoms with E-state index in [4.69, 9.17) is 0 Å². The van der Waals surface area contributed by atoms with Gasteiger partial charge in [0, 0.05) is 11.8 Å². The Hall–Kier alpha value is -1.70. The van der Waals surface area contributed by atoms with E-state index in [1.165, 1.54) is 29.2 Å². The summed E-state index contributed by atoms with van der Waals surface area (Å²) in [5.41, 5.74) is 7.15. The quantitative estimate of drug-likeness (QED) is 0.465. The van der Waals surface area contributed by atoms with Crippen molar-refractivity contribution in [3.05, 3.63) is 53.2 Å². The van der Waals surface area contributed by atoms with Crippen LogP contribution in [0.15, 0.2) is 36.5 Å². The second-order valence-corrected chi connectivity index (χ2v) is 8.57. The normalized spacial score (nSPS) is 16.7. The van der Waals surface area contributed by atoms with E-state index in [1.807, 2.05) is 40.0 Å². The number of benzene rings is 1. The molecule has 1 nitrogen and oxygen atoms in total. The largest absolute Gasteiger partial charge is 0.256 e. The number of halogens is 1. The van der Waals surface area contributed by atoms with E-state index in [-0.39, 0.29) is 22.9 Å². The third-order valence-electron chi connectivity index (χ3n) is 6.78. The Kier molecular flexibility index (Phi) is 10.3. The summed E-state index contributed by atoms with van der Waals surface area (Å²) >= 11 is 0. The standard InChI is InChI=1S/C21H27N.C2H5F.2C2H6/c1-14-12-16-17(13-15(14)18-10-8-9-11-22-18)20(4,5)21(6,7)19(16,2)3;1-2-3;2*1-2/h8-13H,1-7H3;2H2,1H3;2*1-2H3. The van der Waals surface area contributed by atoms with Gasteiger partial charge in [-0.2, -0.15) is 0 Å². The first-order chi connectivity index (χ1) is 13.5. The summed E-state index contributed by atoms with van der Waals surface area (Å²) in [6.07, 6.45) is 1.88. The van der Waals surface area contributed by atoms with E-state index in [9.17, 15) is 4.39 Å². The van der Waals surface area contributed by atoms with Crippen LogP contribution in [0.2, 0.25) is 0 Å². The average molecular weight is 402 g/mol. The number of hydrogen-bond acceptors (Lipinski definition) is 1. The molecule has 29 heavy (non-hydrogen) atoms. The predicted octanol–water partition coefficient (Wildman–Crippen LogP) is 8.68. The second kappa shape index (κ2) is 10.9. The Balaban J connectivity index is 0.00000100. The Bertz CT molecular complexity index is 743. The van der Waals surface area contributed by atoms with Crippen molar-refractivity contribution in [1.29, 1.82) is 0 Å². The summed E-state index contributed by atoms with van der Waals surface area (Å²) in [5.74, 6) is 0. The predicted molar refractivity (Wildman–Crippen MR) is 129 cm³/mol. The van der Waals surface area contributed by atoms with Gasteiger partial charge in [0.25, 0.3) is 0 Å². The molecule has 2 heteroatoms. The first-order valence-electron chi connectivity index (χ1n) is 11.1. The molecule has 3 rings (SSSR count). The van der Waals surface area contributed by atoms with Crippen LogP contribution in [0.1, 0.15) is 92.9 Å². The van der Waals surface area contributed by atoms with Crippen LogP contribution in [-0.4, -0.2) is 11.7 Å². The highest BCUT2D eigenvalue weighted by atomic mass is 19.1. The van der Waals surface area contributed by atoms with Gasteiger partial charge < -0.3 is 0 Å². The zero-order valence-corrected chi connectivity index (χ0v) is 21.0. The Morgan fingerprint density at radius 1 is 0.828 bits per heavy atom. The number of nitrogens with zero attached hydrogens (tertiary/aromatic N) is 1. The van der Waals surface area contributed by atoms with E-state index in [2.05, 4.69) is 77.7 Å². The van der Waals surface area contributed by atoms with Gasteiger partial charge in [0.2, 0.25) is 0 Å². The molecule has 1 aromatic heterocycles. The molecule has 1 aliphatic carbocycles. The lowest BCUT2D eigenvalue weighted by Crippen LogP contribution is -2.42. The van der Waals surface area contributed by atoms with Crippen LogP contribution in [0.3, 0.4) is 0 Å². The maximum atomic E-state index is 10.3. The summed E-state index contributed by atoms with van der Waals surface area (Å²) in [5, 5.41) is 0. The fraction of sp³-hybridized carbons (Fsp3) is 0.593. The van der Waals surface area contributed by atoms with Crippen molar-refractivity contribution in [3.8, 4) is 11.3 Å². The zero-order valence-electron chi connectivity index (χ0n) is 21.0. The molecule has 0 N–H and O–H groups in total. The van der Waals surface area contributed by atoms with Crippen molar-refractivity contribution >= 4 is 0 Å². The molecule has 0 aliphatic heterocycles. The maximum absolute atomic E-state index is 10.3. The Morgan fingerprint density at radius 3 is 1.69 bits per heavy atom. The van der Waals surface area contributed by atoms with Crippen molar-refractivity contribution in [3.63, 3.8) is 0 Å². The van der Waals surface area contributed by atoms with Crippen molar-refractivity contribution in [2.75, 3.05) is 6.67 Å². The van der Waals surface area contributed by atoms with Crippen LogP contribution in [0, 0.1) is 12.3 Å². The molecule has 0 atom stereocenters. The van der Waals surface area contributed by atoms with Crippen LogP contribution < -0.4 is 0 Å². The molecule has 0 bridgehead atoms. The van der Waals surface area contributed by atoms with Crippen molar-refractivity contribution in [2.24, 2.45) is 5.41 Å². The molecule has 0 fully saturated rings. The van der Waals surface area contributed by atoms with E-state index in [0.29, 0.717) is 0 Å². The molecular formula is C27H44FN. The molecule has 0 saturated heterocycles. The van der Waals surface area contributed by atoms with Crippen LogP contribution >= 0.6 is 0 Å². The molecule has 0 spiro atoms. The number of alkyl halides is 1. The topological polar surface area (TPSA) is 12.9 Å². The van der Waals surface area contributed by atoms with E-state index in [1.54, 1.807) is 0 Å². The van der Waals surface area contributed by atoms with Gasteiger partial charge in [-0.1, -0.05) is 81.4 Å². The highest BCUT2D eigenvalue weighted by Gasteiger charge is 2.56. The first-order valence-corrected chi connectivity index (χ1v) is 11.1. The molecule has 1 aliphatic rings. The Morgan fingerprint density at radius 2 is 1.28 bits per heavy atom. The number of fused-ring (bicyclic) bond motifs is 1. The summed E-state index contributed by atoms with van der Waals surface area (Å²) in [7, 11) is 0. The maximum Gasteiger partial charge on any atom is 0.0866 e. The average Bonchev–Trinajstić information content (AvgIpc) is 2.80. The molecule has 2 aromatic rings. The third kappa shape index (κ3) is 4.90. The van der Waals surface area contributed by atoms with Gasteiger partial charge in [-0.25, -0.2) is 0 Å². The molecule has 0 unspecified atom stereocenters. The lowest BCUT2D eigenvalue weighted by molar-refractivity contribution is 0.125. The van der Waals surface area contributed by atoms with Gasteiger partial charge in [-0.3, -0.25) is 9.37 Å². The van der Waals surface area contributed by atoms with E-state index < -0.39 is 0 Å². The monoisotopic (exact) mass is 401 g/mol. The summed E-state index contributed by atoms with van der Waals surface area (Å²) < 4.78 is 10.3. The molecule has 0 amide bonds. The van der Waals surface area contributed by atoms with Crippen molar-refractivity contribution in [1.82, 2.24) is 4.98 Å². The summed E-state index contributed by atoms with van der Waals surface area (Å²) in [4.78, 5) is 4.56. The third-order valence-corrected chi connectivity index (χ3v) is 6.78. The van der Waals surface area contributed by atoms with Gasteiger partial charge in [-0.15, -0.1) is 0 Å². The first kappa shape index (κ1) is 27.3. The van der Waals surface area contributed by atoms with Crippen LogP contribution in [-0.2, 0) is 10.8 Å². The van der Waals surface area contributed by atoms with E-state index in [0.717, 1.165) is 5.69 Å². The molecule has 1 heterocycles. The van der Waals surface area contributed by atoms with Gasteiger partial charge in [-0.05, 0) is 65.0 Å². The van der Waals surface area contributed by atoms with Gasteiger partial charge in [0.15, 0.2) is 0 Å².